The lowest BCUT2D eigenvalue weighted by Crippen LogP contribution is -2.12. The molecule has 2 heterocycles. The van der Waals surface area contributed by atoms with Gasteiger partial charge in [0.1, 0.15) is 5.75 Å². The summed E-state index contributed by atoms with van der Waals surface area (Å²) in [7, 11) is 0. The van der Waals surface area contributed by atoms with Crippen LogP contribution in [0.1, 0.15) is 24.6 Å². The van der Waals surface area contributed by atoms with Gasteiger partial charge in [0.2, 0.25) is 0 Å². The third-order valence-electron chi connectivity index (χ3n) is 3.13. The second kappa shape index (κ2) is 4.22. The van der Waals surface area contributed by atoms with Crippen molar-refractivity contribution in [1.82, 2.24) is 10.5 Å². The van der Waals surface area contributed by atoms with Crippen LogP contribution < -0.4 is 5.32 Å². The molecule has 1 aromatic carbocycles. The van der Waals surface area contributed by atoms with E-state index in [9.17, 15) is 5.11 Å². The van der Waals surface area contributed by atoms with Crippen molar-refractivity contribution in [3.8, 4) is 16.9 Å². The molecule has 1 aromatic heterocycles. The van der Waals surface area contributed by atoms with Crippen molar-refractivity contribution in [3.63, 3.8) is 0 Å². The zero-order valence-electron chi connectivity index (χ0n) is 9.39. The minimum Gasteiger partial charge on any atom is -0.508 e. The number of hydrogen-bond donors (Lipinski definition) is 2. The van der Waals surface area contributed by atoms with Crippen molar-refractivity contribution >= 4 is 0 Å². The van der Waals surface area contributed by atoms with Gasteiger partial charge in [-0.15, -0.1) is 0 Å². The van der Waals surface area contributed by atoms with Crippen LogP contribution in [0.3, 0.4) is 0 Å². The van der Waals surface area contributed by atoms with Crippen molar-refractivity contribution in [1.29, 1.82) is 0 Å². The van der Waals surface area contributed by atoms with E-state index < -0.39 is 0 Å². The summed E-state index contributed by atoms with van der Waals surface area (Å²) in [4.78, 5) is 0. The maximum absolute atomic E-state index is 9.50. The van der Waals surface area contributed by atoms with E-state index in [-0.39, 0.29) is 11.8 Å². The number of benzene rings is 1. The molecule has 88 valence electrons. The quantitative estimate of drug-likeness (QED) is 0.832. The zero-order valence-corrected chi connectivity index (χ0v) is 9.39. The van der Waals surface area contributed by atoms with Crippen LogP contribution in [0.4, 0.5) is 0 Å². The summed E-state index contributed by atoms with van der Waals surface area (Å²) in [6.07, 6.45) is 3.94. The van der Waals surface area contributed by atoms with Crippen LogP contribution in [0.25, 0.3) is 11.1 Å². The maximum Gasteiger partial charge on any atom is 0.161 e. The van der Waals surface area contributed by atoms with Gasteiger partial charge in [0.25, 0.3) is 0 Å². The minimum absolute atomic E-state index is 0.245. The van der Waals surface area contributed by atoms with Crippen LogP contribution in [0.15, 0.2) is 35.0 Å². The van der Waals surface area contributed by atoms with Gasteiger partial charge >= 0.3 is 0 Å². The highest BCUT2D eigenvalue weighted by atomic mass is 16.5. The molecule has 3 rings (SSSR count). The van der Waals surface area contributed by atoms with Gasteiger partial charge in [0, 0.05) is 5.56 Å². The molecule has 4 heteroatoms. The number of rotatable bonds is 2. The molecule has 0 aliphatic carbocycles. The highest BCUT2D eigenvalue weighted by Crippen LogP contribution is 2.33. The lowest BCUT2D eigenvalue weighted by molar-refractivity contribution is 0.352. The molecule has 1 fully saturated rings. The molecule has 0 radical (unpaired) electrons. The molecule has 1 atom stereocenters. The predicted molar refractivity (Wildman–Crippen MR) is 63.6 cm³/mol. The number of hydrogen-bond acceptors (Lipinski definition) is 4. The van der Waals surface area contributed by atoms with E-state index in [0.29, 0.717) is 0 Å². The fourth-order valence-electron chi connectivity index (χ4n) is 2.30. The summed E-state index contributed by atoms with van der Waals surface area (Å²) >= 11 is 0. The number of aromatic nitrogens is 1. The Kier molecular flexibility index (Phi) is 2.57. The Labute approximate surface area is 99.3 Å². The number of nitrogens with one attached hydrogen (secondary N) is 1. The van der Waals surface area contributed by atoms with Crippen molar-refractivity contribution in [2.75, 3.05) is 6.54 Å². The molecule has 4 nitrogen and oxygen atoms in total. The molecule has 0 bridgehead atoms. The topological polar surface area (TPSA) is 58.3 Å². The second-order valence-corrected chi connectivity index (χ2v) is 4.30. The lowest BCUT2D eigenvalue weighted by atomic mass is 10.0. The Morgan fingerprint density at radius 1 is 1.41 bits per heavy atom. The van der Waals surface area contributed by atoms with Crippen LogP contribution in [0.2, 0.25) is 0 Å². The summed E-state index contributed by atoms with van der Waals surface area (Å²) in [6, 6.07) is 7.40. The molecule has 1 saturated heterocycles. The molecule has 1 aliphatic heterocycles. The number of phenolic OH excluding ortho intramolecular Hbond substituents is 1. The Bertz CT molecular complexity index is 516. The summed E-state index contributed by atoms with van der Waals surface area (Å²) in [5.74, 6) is 1.13. The first-order chi connectivity index (χ1) is 8.34. The third-order valence-corrected chi connectivity index (χ3v) is 3.13. The SMILES string of the molecule is Oc1cccc(-c2cnoc2C2CCCN2)c1. The van der Waals surface area contributed by atoms with Gasteiger partial charge in [-0.25, -0.2) is 0 Å². The van der Waals surface area contributed by atoms with Crippen molar-refractivity contribution in [2.24, 2.45) is 0 Å². The minimum atomic E-state index is 0.245. The van der Waals surface area contributed by atoms with Crippen LogP contribution >= 0.6 is 0 Å². The smallest absolute Gasteiger partial charge is 0.161 e. The van der Waals surface area contributed by atoms with E-state index in [4.69, 9.17) is 4.52 Å². The van der Waals surface area contributed by atoms with Gasteiger partial charge in [-0.05, 0) is 37.1 Å². The molecule has 1 aliphatic rings. The molecule has 0 amide bonds. The monoisotopic (exact) mass is 230 g/mol. The summed E-state index contributed by atoms with van der Waals surface area (Å²) in [5, 5.41) is 16.8. The van der Waals surface area contributed by atoms with E-state index >= 15 is 0 Å². The summed E-state index contributed by atoms with van der Waals surface area (Å²) in [5.41, 5.74) is 1.90. The Hall–Kier alpha value is -1.81. The lowest BCUT2D eigenvalue weighted by Gasteiger charge is -2.08. The van der Waals surface area contributed by atoms with Crippen molar-refractivity contribution in [2.45, 2.75) is 18.9 Å². The molecule has 1 unspecified atom stereocenters. The molecule has 17 heavy (non-hydrogen) atoms. The first kappa shape index (κ1) is 10.4. The highest BCUT2D eigenvalue weighted by molar-refractivity contribution is 5.66. The van der Waals surface area contributed by atoms with E-state index in [1.807, 2.05) is 12.1 Å². The van der Waals surface area contributed by atoms with Crippen molar-refractivity contribution < 1.29 is 9.63 Å². The average molecular weight is 230 g/mol. The van der Waals surface area contributed by atoms with Gasteiger partial charge in [0.05, 0.1) is 12.2 Å². The summed E-state index contributed by atoms with van der Waals surface area (Å²) < 4.78 is 5.35. The zero-order chi connectivity index (χ0) is 11.7. The second-order valence-electron chi connectivity index (χ2n) is 4.30. The predicted octanol–water partition coefficient (Wildman–Crippen LogP) is 2.47. The average Bonchev–Trinajstić information content (AvgIpc) is 3.00. The largest absolute Gasteiger partial charge is 0.508 e. The fraction of sp³-hybridized carbons (Fsp3) is 0.308. The normalized spacial score (nSPS) is 19.6. The standard InChI is InChI=1S/C13H14N2O2/c16-10-4-1-3-9(7-10)11-8-15-17-13(11)12-5-2-6-14-12/h1,3-4,7-8,12,14,16H,2,5-6H2. The van der Waals surface area contributed by atoms with Gasteiger partial charge in [0.15, 0.2) is 5.76 Å². The van der Waals surface area contributed by atoms with Crippen LogP contribution in [0.5, 0.6) is 5.75 Å². The summed E-state index contributed by atoms with van der Waals surface area (Å²) in [6.45, 7) is 1.02. The molecular weight excluding hydrogens is 216 g/mol. The van der Waals surface area contributed by atoms with E-state index in [0.717, 1.165) is 36.3 Å². The third kappa shape index (κ3) is 1.91. The number of phenols is 1. The van der Waals surface area contributed by atoms with Crippen LogP contribution in [-0.2, 0) is 0 Å². The van der Waals surface area contributed by atoms with E-state index in [1.54, 1.807) is 18.3 Å². The van der Waals surface area contributed by atoms with Crippen LogP contribution in [0, 0.1) is 0 Å². The van der Waals surface area contributed by atoms with Gasteiger partial charge in [-0.2, -0.15) is 0 Å². The van der Waals surface area contributed by atoms with Gasteiger partial charge in [-0.1, -0.05) is 17.3 Å². The van der Waals surface area contributed by atoms with Gasteiger partial charge in [-0.3, -0.25) is 0 Å². The number of aromatic hydroxyl groups is 1. The van der Waals surface area contributed by atoms with E-state index in [2.05, 4.69) is 10.5 Å². The Morgan fingerprint density at radius 3 is 3.12 bits per heavy atom. The molecule has 2 aromatic rings. The highest BCUT2D eigenvalue weighted by Gasteiger charge is 2.23. The van der Waals surface area contributed by atoms with E-state index in [1.165, 1.54) is 0 Å². The molecule has 2 N–H and O–H groups in total. The van der Waals surface area contributed by atoms with Gasteiger partial charge < -0.3 is 14.9 Å². The molecule has 0 saturated carbocycles. The maximum atomic E-state index is 9.50. The Balaban J connectivity index is 2.00. The first-order valence-corrected chi connectivity index (χ1v) is 5.82. The number of nitrogens with zero attached hydrogens (tertiary/aromatic N) is 1. The Morgan fingerprint density at radius 2 is 2.35 bits per heavy atom. The van der Waals surface area contributed by atoms with Crippen molar-refractivity contribution in [3.05, 3.63) is 36.2 Å². The molecule has 0 spiro atoms. The first-order valence-electron chi connectivity index (χ1n) is 5.82. The fourth-order valence-corrected chi connectivity index (χ4v) is 2.30. The van der Waals surface area contributed by atoms with Crippen LogP contribution in [-0.4, -0.2) is 16.8 Å². The molecular formula is C13H14N2O2.